The first-order chi connectivity index (χ1) is 11.8. The van der Waals surface area contributed by atoms with Gasteiger partial charge in [0, 0.05) is 31.8 Å². The minimum Gasteiger partial charge on any atom is -0.489 e. The second-order valence-corrected chi connectivity index (χ2v) is 6.20. The monoisotopic (exact) mass is 345 g/mol. The van der Waals surface area contributed by atoms with Crippen LogP contribution >= 0.6 is 0 Å². The Kier molecular flexibility index (Phi) is 8.12. The highest BCUT2D eigenvalue weighted by atomic mass is 19.1. The van der Waals surface area contributed by atoms with Gasteiger partial charge in [0.05, 0.1) is 0 Å². The van der Waals surface area contributed by atoms with E-state index in [1.54, 1.807) is 13.0 Å². The molecule has 2 aromatic carbocycles. The van der Waals surface area contributed by atoms with Crippen LogP contribution in [0.4, 0.5) is 10.1 Å². The first-order valence-corrected chi connectivity index (χ1v) is 8.40. The summed E-state index contributed by atoms with van der Waals surface area (Å²) in [6.45, 7) is 7.98. The molecule has 4 heteroatoms. The van der Waals surface area contributed by atoms with Gasteiger partial charge < -0.3 is 14.4 Å². The molecule has 0 aliphatic heterocycles. The number of halogens is 1. The van der Waals surface area contributed by atoms with Crippen LogP contribution in [0.25, 0.3) is 0 Å². The van der Waals surface area contributed by atoms with Gasteiger partial charge in [-0.2, -0.15) is 0 Å². The minimum atomic E-state index is -0.190. The summed E-state index contributed by atoms with van der Waals surface area (Å²) < 4.78 is 19.4. The molecule has 0 saturated carbocycles. The largest absolute Gasteiger partial charge is 0.489 e. The summed E-state index contributed by atoms with van der Waals surface area (Å²) in [5.41, 5.74) is 4.92. The number of carbonyl (C=O) groups excluding carboxylic acids is 1. The van der Waals surface area contributed by atoms with E-state index in [-0.39, 0.29) is 5.82 Å². The fourth-order valence-electron chi connectivity index (χ4n) is 2.35. The highest BCUT2D eigenvalue weighted by Crippen LogP contribution is 2.27. The third-order valence-electron chi connectivity index (χ3n) is 3.86. The van der Waals surface area contributed by atoms with Crippen molar-refractivity contribution >= 4 is 12.0 Å². The topological polar surface area (TPSA) is 29.5 Å². The second kappa shape index (κ2) is 9.82. The van der Waals surface area contributed by atoms with E-state index in [0.717, 1.165) is 28.8 Å². The van der Waals surface area contributed by atoms with Crippen LogP contribution in [0.15, 0.2) is 30.3 Å². The molecule has 0 aromatic heterocycles. The van der Waals surface area contributed by atoms with E-state index < -0.39 is 0 Å². The molecular weight excluding hydrogens is 317 g/mol. The molecular formula is C21H28FNO2. The Morgan fingerprint density at radius 1 is 1.08 bits per heavy atom. The molecule has 0 unspecified atom stereocenters. The van der Waals surface area contributed by atoms with Crippen LogP contribution in [0.3, 0.4) is 0 Å². The maximum absolute atomic E-state index is 13.5. The van der Waals surface area contributed by atoms with Gasteiger partial charge in [-0.05, 0) is 55.7 Å². The Balaban J connectivity index is 0.000000705. The minimum absolute atomic E-state index is 0.190. The molecule has 0 radical (unpaired) electrons. The first kappa shape index (κ1) is 20.7. The Labute approximate surface area is 150 Å². The highest BCUT2D eigenvalue weighted by molar-refractivity contribution is 5.55. The number of ether oxygens (including phenoxy) is 1. The molecule has 0 spiro atoms. The molecule has 0 saturated heterocycles. The van der Waals surface area contributed by atoms with Crippen molar-refractivity contribution in [2.45, 2.75) is 40.7 Å². The van der Waals surface area contributed by atoms with E-state index in [1.165, 1.54) is 11.6 Å². The Morgan fingerprint density at radius 2 is 1.72 bits per heavy atom. The highest BCUT2D eigenvalue weighted by Gasteiger charge is 2.10. The second-order valence-electron chi connectivity index (χ2n) is 6.20. The van der Waals surface area contributed by atoms with Crippen LogP contribution in [0.2, 0.25) is 0 Å². The van der Waals surface area contributed by atoms with Crippen molar-refractivity contribution in [1.29, 1.82) is 0 Å². The smallest absolute Gasteiger partial charge is 0.126 e. The van der Waals surface area contributed by atoms with Crippen molar-refractivity contribution in [3.63, 3.8) is 0 Å². The van der Waals surface area contributed by atoms with Crippen molar-refractivity contribution in [3.05, 3.63) is 58.4 Å². The van der Waals surface area contributed by atoms with Crippen LogP contribution in [-0.4, -0.2) is 20.4 Å². The number of hydrogen-bond donors (Lipinski definition) is 0. The standard InChI is InChI=1S/C18H22FNO.C3H6O/c1-12-7-6-8-17(20(4)5)15(12)11-21-18-10-13(2)16(19)9-14(18)3;1-2-3-4/h6-10H,11H2,1-5H3;3H,2H2,1H3. The molecule has 2 rings (SSSR count). The third-order valence-corrected chi connectivity index (χ3v) is 3.86. The molecule has 0 heterocycles. The van der Waals surface area contributed by atoms with Gasteiger partial charge in [0.1, 0.15) is 24.5 Å². The fourth-order valence-corrected chi connectivity index (χ4v) is 2.35. The average Bonchev–Trinajstić information content (AvgIpc) is 2.57. The number of rotatable bonds is 5. The SMILES string of the molecule is CCC=O.Cc1cc(OCc2c(C)cccc2N(C)C)c(C)cc1F. The molecule has 3 nitrogen and oxygen atoms in total. The molecule has 25 heavy (non-hydrogen) atoms. The van der Waals surface area contributed by atoms with E-state index in [9.17, 15) is 9.18 Å². The number of aldehydes is 1. The van der Waals surface area contributed by atoms with Gasteiger partial charge in [-0.15, -0.1) is 0 Å². The summed E-state index contributed by atoms with van der Waals surface area (Å²) in [5, 5.41) is 0. The first-order valence-electron chi connectivity index (χ1n) is 8.40. The molecule has 0 bridgehead atoms. The maximum Gasteiger partial charge on any atom is 0.126 e. The van der Waals surface area contributed by atoms with E-state index in [2.05, 4.69) is 24.0 Å². The van der Waals surface area contributed by atoms with Crippen LogP contribution in [0.5, 0.6) is 5.75 Å². The lowest BCUT2D eigenvalue weighted by Crippen LogP contribution is -2.13. The summed E-state index contributed by atoms with van der Waals surface area (Å²) in [6.07, 6.45) is 1.51. The molecule has 0 fully saturated rings. The number of nitrogens with zero attached hydrogens (tertiary/aromatic N) is 1. The molecule has 0 amide bonds. The van der Waals surface area contributed by atoms with Crippen molar-refractivity contribution < 1.29 is 13.9 Å². The molecule has 0 aliphatic rings. The molecule has 0 N–H and O–H groups in total. The number of carbonyl (C=O) groups is 1. The van der Waals surface area contributed by atoms with E-state index in [4.69, 9.17) is 4.74 Å². The van der Waals surface area contributed by atoms with Gasteiger partial charge >= 0.3 is 0 Å². The van der Waals surface area contributed by atoms with E-state index >= 15 is 0 Å². The summed E-state index contributed by atoms with van der Waals surface area (Å²) in [4.78, 5) is 11.3. The Bertz CT molecular complexity index is 711. The van der Waals surface area contributed by atoms with Crippen molar-refractivity contribution in [2.75, 3.05) is 19.0 Å². The van der Waals surface area contributed by atoms with Crippen LogP contribution in [0, 0.1) is 26.6 Å². The van der Waals surface area contributed by atoms with Crippen LogP contribution < -0.4 is 9.64 Å². The third kappa shape index (κ3) is 5.89. The predicted octanol–water partition coefficient (Wildman–Crippen LogP) is 4.99. The number of hydrogen-bond acceptors (Lipinski definition) is 3. The van der Waals surface area contributed by atoms with Gasteiger partial charge in [0.2, 0.25) is 0 Å². The zero-order valence-corrected chi connectivity index (χ0v) is 16.0. The van der Waals surface area contributed by atoms with Crippen molar-refractivity contribution in [2.24, 2.45) is 0 Å². The van der Waals surface area contributed by atoms with E-state index in [1.807, 2.05) is 34.0 Å². The van der Waals surface area contributed by atoms with Gasteiger partial charge in [0.25, 0.3) is 0 Å². The summed E-state index contributed by atoms with van der Waals surface area (Å²) >= 11 is 0. The molecule has 0 aliphatic carbocycles. The number of benzene rings is 2. The van der Waals surface area contributed by atoms with Gasteiger partial charge in [-0.3, -0.25) is 0 Å². The molecule has 136 valence electrons. The Hall–Kier alpha value is -2.36. The van der Waals surface area contributed by atoms with Gasteiger partial charge in [0.15, 0.2) is 0 Å². The summed E-state index contributed by atoms with van der Waals surface area (Å²) in [7, 11) is 4.04. The van der Waals surface area contributed by atoms with Crippen LogP contribution in [0.1, 0.15) is 35.6 Å². The summed E-state index contributed by atoms with van der Waals surface area (Å²) in [5.74, 6) is 0.548. The van der Waals surface area contributed by atoms with E-state index in [0.29, 0.717) is 18.6 Å². The lowest BCUT2D eigenvalue weighted by atomic mass is 10.1. The zero-order chi connectivity index (χ0) is 19.0. The normalized spacial score (nSPS) is 9.88. The van der Waals surface area contributed by atoms with Gasteiger partial charge in [-0.1, -0.05) is 19.1 Å². The molecule has 2 aromatic rings. The summed E-state index contributed by atoms with van der Waals surface area (Å²) in [6, 6.07) is 9.48. The van der Waals surface area contributed by atoms with Crippen molar-refractivity contribution in [1.82, 2.24) is 0 Å². The quantitative estimate of drug-likeness (QED) is 0.715. The number of aryl methyl sites for hydroxylation is 3. The fraction of sp³-hybridized carbons (Fsp3) is 0.381. The van der Waals surface area contributed by atoms with Crippen molar-refractivity contribution in [3.8, 4) is 5.75 Å². The predicted molar refractivity (Wildman–Crippen MR) is 102 cm³/mol. The lowest BCUT2D eigenvalue weighted by Gasteiger charge is -2.20. The van der Waals surface area contributed by atoms with Gasteiger partial charge in [-0.25, -0.2) is 4.39 Å². The number of anilines is 1. The lowest BCUT2D eigenvalue weighted by molar-refractivity contribution is -0.107. The molecule has 0 atom stereocenters. The van der Waals surface area contributed by atoms with Crippen LogP contribution in [-0.2, 0) is 11.4 Å². The Morgan fingerprint density at radius 3 is 2.28 bits per heavy atom. The maximum atomic E-state index is 13.5. The average molecular weight is 345 g/mol. The zero-order valence-electron chi connectivity index (χ0n) is 16.0.